The van der Waals surface area contributed by atoms with Gasteiger partial charge in [0.15, 0.2) is 0 Å². The molecule has 1 aliphatic rings. The zero-order valence-electron chi connectivity index (χ0n) is 16.0. The maximum atomic E-state index is 12.4. The highest BCUT2D eigenvalue weighted by Crippen LogP contribution is 2.13. The molecule has 0 bridgehead atoms. The summed E-state index contributed by atoms with van der Waals surface area (Å²) >= 11 is 0. The molecular weight excluding hydrogens is 376 g/mol. The van der Waals surface area contributed by atoms with Crippen LogP contribution in [0.2, 0.25) is 0 Å². The zero-order valence-corrected chi connectivity index (χ0v) is 16.9. The molecule has 1 N–H and O–H groups in total. The van der Waals surface area contributed by atoms with Crippen LogP contribution >= 0.6 is 0 Å². The van der Waals surface area contributed by atoms with Crippen molar-refractivity contribution < 1.29 is 13.2 Å². The summed E-state index contributed by atoms with van der Waals surface area (Å²) in [5, 5.41) is 2.92. The van der Waals surface area contributed by atoms with E-state index in [-0.39, 0.29) is 11.7 Å². The number of rotatable bonds is 7. The number of sulfonamides is 1. The van der Waals surface area contributed by atoms with Crippen LogP contribution < -0.4 is 5.32 Å². The van der Waals surface area contributed by atoms with Crippen LogP contribution in [0.3, 0.4) is 0 Å². The Labute approximate surface area is 166 Å². The molecule has 0 spiro atoms. The summed E-state index contributed by atoms with van der Waals surface area (Å²) in [6.45, 7) is 5.25. The minimum Gasteiger partial charge on any atom is -0.348 e. The first-order valence-corrected chi connectivity index (χ1v) is 11.0. The maximum Gasteiger partial charge on any atom is 0.251 e. The SMILES string of the molecule is CCS(=O)(=O)N1CCN(Cc2cccc(C(=O)NCc3ccncc3)c2)CC1. The largest absolute Gasteiger partial charge is 0.348 e. The van der Waals surface area contributed by atoms with Crippen LogP contribution in [0, 0.1) is 0 Å². The van der Waals surface area contributed by atoms with Gasteiger partial charge in [0.2, 0.25) is 10.0 Å². The van der Waals surface area contributed by atoms with Crippen molar-refractivity contribution in [3.8, 4) is 0 Å². The minimum atomic E-state index is -3.11. The Bertz CT molecular complexity index is 895. The van der Waals surface area contributed by atoms with Crippen molar-refractivity contribution in [2.75, 3.05) is 31.9 Å². The molecule has 7 nitrogen and oxygen atoms in total. The Morgan fingerprint density at radius 3 is 2.46 bits per heavy atom. The lowest BCUT2D eigenvalue weighted by Gasteiger charge is -2.33. The van der Waals surface area contributed by atoms with Crippen LogP contribution in [0.4, 0.5) is 0 Å². The Kier molecular flexibility index (Phi) is 6.77. The monoisotopic (exact) mass is 402 g/mol. The predicted molar refractivity (Wildman–Crippen MR) is 108 cm³/mol. The van der Waals surface area contributed by atoms with Crippen LogP contribution in [0.5, 0.6) is 0 Å². The second kappa shape index (κ2) is 9.27. The molecule has 0 atom stereocenters. The smallest absolute Gasteiger partial charge is 0.251 e. The molecule has 0 aliphatic carbocycles. The Morgan fingerprint density at radius 1 is 1.07 bits per heavy atom. The van der Waals surface area contributed by atoms with Crippen molar-refractivity contribution in [2.24, 2.45) is 0 Å². The topological polar surface area (TPSA) is 82.6 Å². The van der Waals surface area contributed by atoms with Gasteiger partial charge in [-0.25, -0.2) is 8.42 Å². The molecule has 8 heteroatoms. The Morgan fingerprint density at radius 2 is 1.79 bits per heavy atom. The van der Waals surface area contributed by atoms with Crippen LogP contribution in [0.15, 0.2) is 48.8 Å². The molecule has 1 saturated heterocycles. The highest BCUT2D eigenvalue weighted by Gasteiger charge is 2.25. The number of hydrogen-bond donors (Lipinski definition) is 1. The first-order chi connectivity index (χ1) is 13.5. The second-order valence-corrected chi connectivity index (χ2v) is 9.07. The molecule has 0 unspecified atom stereocenters. The van der Waals surface area contributed by atoms with Crippen molar-refractivity contribution >= 4 is 15.9 Å². The van der Waals surface area contributed by atoms with Crippen molar-refractivity contribution in [1.29, 1.82) is 0 Å². The molecule has 1 aromatic carbocycles. The molecule has 2 heterocycles. The van der Waals surface area contributed by atoms with E-state index in [0.29, 0.717) is 44.8 Å². The first kappa shape index (κ1) is 20.4. The summed E-state index contributed by atoms with van der Waals surface area (Å²) in [5.74, 6) is 0.0291. The molecule has 3 rings (SSSR count). The third-order valence-electron chi connectivity index (χ3n) is 4.89. The molecule has 1 aromatic heterocycles. The molecular formula is C20H26N4O3S. The number of amides is 1. The van der Waals surface area contributed by atoms with E-state index < -0.39 is 10.0 Å². The van der Waals surface area contributed by atoms with Gasteiger partial charge in [0.1, 0.15) is 0 Å². The number of pyridine rings is 1. The molecule has 1 fully saturated rings. The summed E-state index contributed by atoms with van der Waals surface area (Å²) in [5.41, 5.74) is 2.67. The number of carbonyl (C=O) groups excluding carboxylic acids is 1. The van der Waals surface area contributed by atoms with Crippen molar-refractivity contribution in [2.45, 2.75) is 20.0 Å². The number of piperazine rings is 1. The molecule has 0 saturated carbocycles. The van der Waals surface area contributed by atoms with E-state index in [1.165, 1.54) is 0 Å². The lowest BCUT2D eigenvalue weighted by molar-refractivity contribution is 0.0950. The second-order valence-electron chi connectivity index (χ2n) is 6.81. The molecule has 28 heavy (non-hydrogen) atoms. The fourth-order valence-electron chi connectivity index (χ4n) is 3.20. The van der Waals surface area contributed by atoms with Gasteiger partial charge in [-0.3, -0.25) is 14.7 Å². The van der Waals surface area contributed by atoms with Crippen LogP contribution in [-0.2, 0) is 23.1 Å². The van der Waals surface area contributed by atoms with Gasteiger partial charge in [-0.2, -0.15) is 4.31 Å². The first-order valence-electron chi connectivity index (χ1n) is 9.44. The number of hydrogen-bond acceptors (Lipinski definition) is 5. The molecule has 0 radical (unpaired) electrons. The molecule has 2 aromatic rings. The van der Waals surface area contributed by atoms with Gasteiger partial charge in [-0.15, -0.1) is 0 Å². The average molecular weight is 403 g/mol. The van der Waals surface area contributed by atoms with E-state index in [1.54, 1.807) is 29.7 Å². The van der Waals surface area contributed by atoms with E-state index in [9.17, 15) is 13.2 Å². The number of aromatic nitrogens is 1. The van der Waals surface area contributed by atoms with E-state index >= 15 is 0 Å². The van der Waals surface area contributed by atoms with Gasteiger partial charge in [-0.05, 0) is 42.3 Å². The zero-order chi connectivity index (χ0) is 20.0. The van der Waals surface area contributed by atoms with Gasteiger partial charge < -0.3 is 5.32 Å². The summed E-state index contributed by atoms with van der Waals surface area (Å²) in [4.78, 5) is 18.6. The molecule has 1 amide bonds. The summed E-state index contributed by atoms with van der Waals surface area (Å²) in [7, 11) is -3.11. The van der Waals surface area contributed by atoms with Gasteiger partial charge in [0.25, 0.3) is 5.91 Å². The normalized spacial score (nSPS) is 16.0. The third kappa shape index (κ3) is 5.37. The average Bonchev–Trinajstić information content (AvgIpc) is 2.73. The minimum absolute atomic E-state index is 0.113. The highest BCUT2D eigenvalue weighted by atomic mass is 32.2. The molecule has 1 aliphatic heterocycles. The van der Waals surface area contributed by atoms with Crippen molar-refractivity contribution in [1.82, 2.24) is 19.5 Å². The van der Waals surface area contributed by atoms with E-state index in [2.05, 4.69) is 15.2 Å². The van der Waals surface area contributed by atoms with Crippen molar-refractivity contribution in [3.63, 3.8) is 0 Å². The standard InChI is InChI=1S/C20H26N4O3S/c1-2-28(26,27)24-12-10-23(11-13-24)16-18-4-3-5-19(14-18)20(25)22-15-17-6-8-21-9-7-17/h3-9,14H,2,10-13,15-16H2,1H3,(H,22,25). The lowest BCUT2D eigenvalue weighted by Crippen LogP contribution is -2.48. The quantitative estimate of drug-likeness (QED) is 0.759. The van der Waals surface area contributed by atoms with Gasteiger partial charge in [-0.1, -0.05) is 12.1 Å². The van der Waals surface area contributed by atoms with E-state index in [1.807, 2.05) is 30.3 Å². The van der Waals surface area contributed by atoms with E-state index in [0.717, 1.165) is 11.1 Å². The van der Waals surface area contributed by atoms with E-state index in [4.69, 9.17) is 0 Å². The van der Waals surface area contributed by atoms with Crippen LogP contribution in [0.25, 0.3) is 0 Å². The van der Waals surface area contributed by atoms with Crippen LogP contribution in [-0.4, -0.2) is 60.4 Å². The summed E-state index contributed by atoms with van der Waals surface area (Å²) < 4.78 is 25.5. The van der Waals surface area contributed by atoms with Gasteiger partial charge in [0, 0.05) is 57.2 Å². The number of nitrogens with one attached hydrogen (secondary N) is 1. The van der Waals surface area contributed by atoms with Gasteiger partial charge >= 0.3 is 0 Å². The van der Waals surface area contributed by atoms with Crippen LogP contribution in [0.1, 0.15) is 28.4 Å². The maximum absolute atomic E-state index is 12.4. The number of carbonyl (C=O) groups is 1. The summed E-state index contributed by atoms with van der Waals surface area (Å²) in [6, 6.07) is 11.3. The van der Waals surface area contributed by atoms with Gasteiger partial charge in [0.05, 0.1) is 5.75 Å². The summed E-state index contributed by atoms with van der Waals surface area (Å²) in [6.07, 6.45) is 3.40. The Balaban J connectivity index is 1.54. The Hall–Kier alpha value is -2.29. The lowest BCUT2D eigenvalue weighted by atomic mass is 10.1. The molecule has 150 valence electrons. The number of benzene rings is 1. The van der Waals surface area contributed by atoms with Crippen molar-refractivity contribution in [3.05, 3.63) is 65.5 Å². The fraction of sp³-hybridized carbons (Fsp3) is 0.400. The highest BCUT2D eigenvalue weighted by molar-refractivity contribution is 7.89. The third-order valence-corrected chi connectivity index (χ3v) is 6.77. The fourth-order valence-corrected chi connectivity index (χ4v) is 4.29. The number of nitrogens with zero attached hydrogens (tertiary/aromatic N) is 3. The predicted octanol–water partition coefficient (Wildman–Crippen LogP) is 1.48.